The van der Waals surface area contributed by atoms with E-state index in [1.807, 2.05) is 4.90 Å². The van der Waals surface area contributed by atoms with E-state index in [0.29, 0.717) is 11.8 Å². The predicted octanol–water partition coefficient (Wildman–Crippen LogP) is 2.24. The van der Waals surface area contributed by atoms with E-state index < -0.39 is 0 Å². The van der Waals surface area contributed by atoms with Gasteiger partial charge in [0.2, 0.25) is 5.91 Å². The van der Waals surface area contributed by atoms with Crippen LogP contribution in [0.5, 0.6) is 0 Å². The Hall–Kier alpha value is -1.69. The van der Waals surface area contributed by atoms with Gasteiger partial charge >= 0.3 is 0 Å². The van der Waals surface area contributed by atoms with Crippen molar-refractivity contribution < 1.29 is 9.18 Å². The van der Waals surface area contributed by atoms with Crippen LogP contribution in [0.15, 0.2) is 18.3 Å². The van der Waals surface area contributed by atoms with Crippen LogP contribution in [-0.4, -0.2) is 66.5 Å². The summed E-state index contributed by atoms with van der Waals surface area (Å²) in [5, 5.41) is 0. The number of halogens is 1. The average molecular weight is 348 g/mol. The molecule has 0 saturated carbocycles. The molecule has 1 aromatic rings. The maximum absolute atomic E-state index is 13.0. The molecule has 0 N–H and O–H groups in total. The highest BCUT2D eigenvalue weighted by Crippen LogP contribution is 2.22. The van der Waals surface area contributed by atoms with Crippen LogP contribution < -0.4 is 4.90 Å². The first-order chi connectivity index (χ1) is 12.0. The van der Waals surface area contributed by atoms with Crippen LogP contribution in [0.1, 0.15) is 26.7 Å². The van der Waals surface area contributed by atoms with Crippen molar-refractivity contribution in [2.45, 2.75) is 26.7 Å². The van der Waals surface area contributed by atoms with Crippen molar-refractivity contribution in [3.63, 3.8) is 0 Å². The Kier molecular flexibility index (Phi) is 5.89. The molecule has 2 saturated heterocycles. The van der Waals surface area contributed by atoms with Gasteiger partial charge in [0.15, 0.2) is 0 Å². The zero-order chi connectivity index (χ0) is 17.8. The number of nitrogens with zero attached hydrogens (tertiary/aromatic N) is 4. The average Bonchev–Trinajstić information content (AvgIpc) is 2.62. The molecular weight excluding hydrogens is 319 g/mol. The Morgan fingerprint density at radius 2 is 1.84 bits per heavy atom. The minimum absolute atomic E-state index is 0.180. The summed E-state index contributed by atoms with van der Waals surface area (Å²) in [4.78, 5) is 23.5. The van der Waals surface area contributed by atoms with Crippen molar-refractivity contribution in [1.82, 2.24) is 14.8 Å². The number of rotatable bonds is 4. The van der Waals surface area contributed by atoms with E-state index in [-0.39, 0.29) is 11.7 Å². The van der Waals surface area contributed by atoms with Gasteiger partial charge in [0.1, 0.15) is 11.6 Å². The monoisotopic (exact) mass is 348 g/mol. The molecule has 2 aliphatic heterocycles. The quantitative estimate of drug-likeness (QED) is 0.837. The molecule has 3 heterocycles. The van der Waals surface area contributed by atoms with Gasteiger partial charge in [-0.2, -0.15) is 0 Å². The van der Waals surface area contributed by atoms with E-state index in [2.05, 4.69) is 28.6 Å². The van der Waals surface area contributed by atoms with Crippen LogP contribution in [0.4, 0.5) is 10.2 Å². The molecule has 0 unspecified atom stereocenters. The second-order valence-electron chi connectivity index (χ2n) is 7.62. The van der Waals surface area contributed by atoms with Crippen molar-refractivity contribution >= 4 is 11.7 Å². The maximum Gasteiger partial charge on any atom is 0.225 e. The predicted molar refractivity (Wildman–Crippen MR) is 97.0 cm³/mol. The van der Waals surface area contributed by atoms with Gasteiger partial charge in [-0.25, -0.2) is 9.37 Å². The first-order valence-electron chi connectivity index (χ1n) is 9.40. The van der Waals surface area contributed by atoms with Gasteiger partial charge in [-0.05, 0) is 44.0 Å². The number of amides is 1. The molecule has 0 atom stereocenters. The van der Waals surface area contributed by atoms with Crippen molar-refractivity contribution in [3.05, 3.63) is 24.1 Å². The summed E-state index contributed by atoms with van der Waals surface area (Å²) in [5.41, 5.74) is 0. The molecule has 0 bridgehead atoms. The molecule has 0 aromatic carbocycles. The summed E-state index contributed by atoms with van der Waals surface area (Å²) >= 11 is 0. The number of carbonyl (C=O) groups is 1. The summed E-state index contributed by atoms with van der Waals surface area (Å²) in [6.07, 6.45) is 3.20. The van der Waals surface area contributed by atoms with E-state index in [1.165, 1.54) is 12.3 Å². The van der Waals surface area contributed by atoms with Gasteiger partial charge in [0, 0.05) is 38.6 Å². The smallest absolute Gasteiger partial charge is 0.225 e. The lowest BCUT2D eigenvalue weighted by Crippen LogP contribution is -2.52. The van der Waals surface area contributed by atoms with Crippen LogP contribution in [-0.2, 0) is 4.79 Å². The van der Waals surface area contributed by atoms with E-state index >= 15 is 0 Å². The van der Waals surface area contributed by atoms with Crippen LogP contribution in [0.3, 0.4) is 0 Å². The second kappa shape index (κ2) is 8.13. The number of anilines is 1. The third-order valence-electron chi connectivity index (χ3n) is 5.19. The summed E-state index contributed by atoms with van der Waals surface area (Å²) < 4.78 is 13.0. The summed E-state index contributed by atoms with van der Waals surface area (Å²) in [6, 6.07) is 3.14. The van der Waals surface area contributed by atoms with Gasteiger partial charge in [0.25, 0.3) is 0 Å². The summed E-state index contributed by atoms with van der Waals surface area (Å²) in [7, 11) is 0. The van der Waals surface area contributed by atoms with E-state index in [4.69, 9.17) is 0 Å². The van der Waals surface area contributed by atoms with Crippen molar-refractivity contribution in [2.75, 3.05) is 50.7 Å². The molecule has 1 amide bonds. The molecule has 138 valence electrons. The molecule has 5 nitrogen and oxygen atoms in total. The molecule has 0 aliphatic carbocycles. The lowest BCUT2D eigenvalue weighted by atomic mass is 9.94. The lowest BCUT2D eigenvalue weighted by Gasteiger charge is -2.39. The third kappa shape index (κ3) is 4.69. The van der Waals surface area contributed by atoms with Crippen LogP contribution in [0.25, 0.3) is 0 Å². The number of carbonyl (C=O) groups excluding carboxylic acids is 1. The number of piperidine rings is 1. The van der Waals surface area contributed by atoms with Crippen LogP contribution in [0, 0.1) is 17.7 Å². The zero-order valence-corrected chi connectivity index (χ0v) is 15.3. The minimum atomic E-state index is -0.318. The topological polar surface area (TPSA) is 39.7 Å². The van der Waals surface area contributed by atoms with Crippen molar-refractivity contribution in [2.24, 2.45) is 11.8 Å². The number of hydrogen-bond donors (Lipinski definition) is 0. The van der Waals surface area contributed by atoms with Gasteiger partial charge < -0.3 is 14.7 Å². The van der Waals surface area contributed by atoms with Gasteiger partial charge in [-0.3, -0.25) is 4.79 Å². The van der Waals surface area contributed by atoms with Crippen LogP contribution in [0.2, 0.25) is 0 Å². The Balaban J connectivity index is 1.46. The molecule has 0 spiro atoms. The lowest BCUT2D eigenvalue weighted by molar-refractivity contribution is -0.137. The summed E-state index contributed by atoms with van der Waals surface area (Å²) in [5.74, 6) is 1.65. The van der Waals surface area contributed by atoms with Gasteiger partial charge in [-0.15, -0.1) is 0 Å². The SMILES string of the molecule is CC(C)CN1CCC(C(=O)N2CCN(c3ccc(F)cn3)CC2)CC1. The molecule has 1 aromatic heterocycles. The van der Waals surface area contributed by atoms with Crippen molar-refractivity contribution in [3.8, 4) is 0 Å². The molecule has 3 rings (SSSR count). The van der Waals surface area contributed by atoms with Crippen molar-refractivity contribution in [1.29, 1.82) is 0 Å². The van der Waals surface area contributed by atoms with Gasteiger partial charge in [-0.1, -0.05) is 13.8 Å². The third-order valence-corrected chi connectivity index (χ3v) is 5.19. The second-order valence-corrected chi connectivity index (χ2v) is 7.62. The number of hydrogen-bond acceptors (Lipinski definition) is 4. The standard InChI is InChI=1S/C19H29FN4O/c1-15(2)14-22-7-5-16(6-8-22)19(25)24-11-9-23(10-12-24)18-4-3-17(20)13-21-18/h3-4,13,15-16H,5-12,14H2,1-2H3. The molecule has 25 heavy (non-hydrogen) atoms. The number of aromatic nitrogens is 1. The number of piperazine rings is 1. The molecular formula is C19H29FN4O. The largest absolute Gasteiger partial charge is 0.353 e. The van der Waals surface area contributed by atoms with E-state index in [0.717, 1.165) is 64.5 Å². The maximum atomic E-state index is 13.0. The molecule has 2 aliphatic rings. The zero-order valence-electron chi connectivity index (χ0n) is 15.3. The Bertz CT molecular complexity index is 561. The summed E-state index contributed by atoms with van der Waals surface area (Å²) in [6.45, 7) is 10.7. The number of likely N-dealkylation sites (tertiary alicyclic amines) is 1. The fraction of sp³-hybridized carbons (Fsp3) is 0.684. The normalized spacial score (nSPS) is 20.3. The highest BCUT2D eigenvalue weighted by molar-refractivity contribution is 5.79. The number of pyridine rings is 1. The fourth-order valence-electron chi connectivity index (χ4n) is 3.85. The Morgan fingerprint density at radius 1 is 1.16 bits per heavy atom. The first kappa shape index (κ1) is 18.1. The molecule has 0 radical (unpaired) electrons. The minimum Gasteiger partial charge on any atom is -0.353 e. The van der Waals surface area contributed by atoms with E-state index in [1.54, 1.807) is 6.07 Å². The van der Waals surface area contributed by atoms with Crippen LogP contribution >= 0.6 is 0 Å². The molecule has 6 heteroatoms. The van der Waals surface area contributed by atoms with E-state index in [9.17, 15) is 9.18 Å². The molecule has 2 fully saturated rings. The highest BCUT2D eigenvalue weighted by Gasteiger charge is 2.30. The Morgan fingerprint density at radius 3 is 2.40 bits per heavy atom. The first-order valence-corrected chi connectivity index (χ1v) is 9.40. The fourth-order valence-corrected chi connectivity index (χ4v) is 3.85. The Labute approximate surface area is 149 Å². The highest BCUT2D eigenvalue weighted by atomic mass is 19.1. The van der Waals surface area contributed by atoms with Gasteiger partial charge in [0.05, 0.1) is 6.20 Å².